The Hall–Kier alpha value is -1.87. The minimum Gasteiger partial charge on any atom is -0.325 e. The van der Waals surface area contributed by atoms with Crippen molar-refractivity contribution in [3.8, 4) is 0 Å². The Balaban J connectivity index is 2.23. The van der Waals surface area contributed by atoms with Crippen LogP contribution in [0.15, 0.2) is 42.5 Å². The van der Waals surface area contributed by atoms with Crippen LogP contribution in [0, 0.1) is 18.7 Å². The second kappa shape index (κ2) is 6.93. The Bertz CT molecular complexity index is 667. The number of rotatable bonds is 4. The van der Waals surface area contributed by atoms with Gasteiger partial charge in [-0.25, -0.2) is 4.39 Å². The third-order valence-electron chi connectivity index (χ3n) is 3.62. The number of carbonyl (C=O) groups is 1. The van der Waals surface area contributed by atoms with Gasteiger partial charge in [-0.3, -0.25) is 4.79 Å². The number of aryl methyl sites for hydroxylation is 1. The summed E-state index contributed by atoms with van der Waals surface area (Å²) in [4.78, 5) is 12.6. The van der Waals surface area contributed by atoms with E-state index in [1.165, 1.54) is 6.07 Å². The van der Waals surface area contributed by atoms with Gasteiger partial charge in [-0.15, -0.1) is 0 Å². The van der Waals surface area contributed by atoms with Crippen LogP contribution in [0.1, 0.15) is 30.9 Å². The quantitative estimate of drug-likeness (QED) is 0.828. The van der Waals surface area contributed by atoms with E-state index in [1.54, 1.807) is 31.2 Å². The normalized spacial score (nSPS) is 12.3. The van der Waals surface area contributed by atoms with Crippen LogP contribution in [0.25, 0.3) is 0 Å². The lowest BCUT2D eigenvalue weighted by Crippen LogP contribution is -2.25. The number of hydrogen-bond acceptors (Lipinski definition) is 1. The maximum absolute atomic E-state index is 13.6. The first-order chi connectivity index (χ1) is 10.4. The monoisotopic (exact) mass is 319 g/mol. The number of anilines is 1. The summed E-state index contributed by atoms with van der Waals surface area (Å²) < 4.78 is 13.6. The van der Waals surface area contributed by atoms with E-state index in [0.717, 1.165) is 5.56 Å². The molecule has 0 unspecified atom stereocenters. The van der Waals surface area contributed by atoms with Gasteiger partial charge >= 0.3 is 0 Å². The van der Waals surface area contributed by atoms with Crippen molar-refractivity contribution in [2.75, 3.05) is 5.32 Å². The molecule has 4 heteroatoms. The fourth-order valence-electron chi connectivity index (χ4n) is 2.40. The zero-order valence-corrected chi connectivity index (χ0v) is 13.6. The maximum Gasteiger partial charge on any atom is 0.232 e. The average molecular weight is 320 g/mol. The summed E-state index contributed by atoms with van der Waals surface area (Å²) in [6.45, 7) is 5.65. The lowest BCUT2D eigenvalue weighted by atomic mass is 9.87. The molecule has 0 fully saturated rings. The zero-order valence-electron chi connectivity index (χ0n) is 12.9. The molecular weight excluding hydrogens is 301 g/mol. The molecule has 1 amide bonds. The molecule has 1 atom stereocenters. The van der Waals surface area contributed by atoms with Crippen molar-refractivity contribution in [1.29, 1.82) is 0 Å². The van der Waals surface area contributed by atoms with Crippen LogP contribution in [0.2, 0.25) is 5.02 Å². The van der Waals surface area contributed by atoms with E-state index in [9.17, 15) is 9.18 Å². The van der Waals surface area contributed by atoms with Crippen LogP contribution >= 0.6 is 11.6 Å². The van der Waals surface area contributed by atoms with Crippen molar-refractivity contribution in [1.82, 2.24) is 0 Å². The molecule has 0 bridgehead atoms. The Morgan fingerprint density at radius 2 is 1.77 bits per heavy atom. The molecule has 2 aromatic carbocycles. The summed E-state index contributed by atoms with van der Waals surface area (Å²) in [6, 6.07) is 11.9. The first kappa shape index (κ1) is 16.5. The summed E-state index contributed by atoms with van der Waals surface area (Å²) in [5.41, 5.74) is 1.91. The summed E-state index contributed by atoms with van der Waals surface area (Å²) in [5.74, 6) is -0.691. The van der Waals surface area contributed by atoms with Crippen molar-refractivity contribution in [3.63, 3.8) is 0 Å². The lowest BCUT2D eigenvalue weighted by molar-refractivity contribution is -0.118. The lowest BCUT2D eigenvalue weighted by Gasteiger charge is -2.21. The molecule has 0 aromatic heterocycles. The van der Waals surface area contributed by atoms with Crippen molar-refractivity contribution >= 4 is 23.2 Å². The van der Waals surface area contributed by atoms with E-state index in [0.29, 0.717) is 16.3 Å². The summed E-state index contributed by atoms with van der Waals surface area (Å²) in [7, 11) is 0. The molecule has 0 saturated carbocycles. The largest absolute Gasteiger partial charge is 0.325 e. The van der Waals surface area contributed by atoms with Crippen molar-refractivity contribution in [2.45, 2.75) is 26.7 Å². The molecule has 22 heavy (non-hydrogen) atoms. The zero-order chi connectivity index (χ0) is 16.3. The topological polar surface area (TPSA) is 29.1 Å². The predicted molar refractivity (Wildman–Crippen MR) is 88.8 cm³/mol. The van der Waals surface area contributed by atoms with Gasteiger partial charge < -0.3 is 5.32 Å². The second-order valence-corrected chi connectivity index (χ2v) is 6.16. The molecule has 2 rings (SSSR count). The SMILES string of the molecule is Cc1ccc(NC(=O)[C@@H](c2ccc(Cl)cc2)C(C)C)cc1F. The molecule has 0 spiro atoms. The fraction of sp³-hybridized carbons (Fsp3) is 0.278. The molecular formula is C18H19ClFNO. The predicted octanol–water partition coefficient (Wildman–Crippen LogP) is 5.17. The fourth-order valence-corrected chi connectivity index (χ4v) is 2.53. The first-order valence-electron chi connectivity index (χ1n) is 7.21. The smallest absolute Gasteiger partial charge is 0.232 e. The highest BCUT2D eigenvalue weighted by molar-refractivity contribution is 6.30. The van der Waals surface area contributed by atoms with Gasteiger partial charge in [0.15, 0.2) is 0 Å². The number of benzene rings is 2. The molecule has 0 aliphatic rings. The van der Waals surface area contributed by atoms with Gasteiger partial charge in [-0.05, 0) is 48.2 Å². The minimum atomic E-state index is -0.328. The highest BCUT2D eigenvalue weighted by Gasteiger charge is 2.24. The summed E-state index contributed by atoms with van der Waals surface area (Å²) in [6.07, 6.45) is 0. The van der Waals surface area contributed by atoms with E-state index in [1.807, 2.05) is 26.0 Å². The van der Waals surface area contributed by atoms with E-state index in [2.05, 4.69) is 5.32 Å². The molecule has 116 valence electrons. The van der Waals surface area contributed by atoms with Crippen molar-refractivity contribution in [3.05, 3.63) is 64.4 Å². The van der Waals surface area contributed by atoms with Gasteiger partial charge in [-0.2, -0.15) is 0 Å². The number of amides is 1. The molecule has 0 aliphatic carbocycles. The van der Waals surface area contributed by atoms with Crippen molar-refractivity contribution < 1.29 is 9.18 Å². The van der Waals surface area contributed by atoms with E-state index in [4.69, 9.17) is 11.6 Å². The highest BCUT2D eigenvalue weighted by atomic mass is 35.5. The van der Waals surface area contributed by atoms with Crippen LogP contribution < -0.4 is 5.32 Å². The second-order valence-electron chi connectivity index (χ2n) is 5.73. The molecule has 2 aromatic rings. The number of hydrogen-bond donors (Lipinski definition) is 1. The average Bonchev–Trinajstić information content (AvgIpc) is 2.45. The first-order valence-corrected chi connectivity index (χ1v) is 7.58. The maximum atomic E-state index is 13.6. The molecule has 0 saturated heterocycles. The van der Waals surface area contributed by atoms with E-state index < -0.39 is 0 Å². The van der Waals surface area contributed by atoms with Crippen molar-refractivity contribution in [2.24, 2.45) is 5.92 Å². The molecule has 0 radical (unpaired) electrons. The Morgan fingerprint density at radius 1 is 1.14 bits per heavy atom. The summed E-state index contributed by atoms with van der Waals surface area (Å²) in [5, 5.41) is 3.42. The number of halogens is 2. The van der Waals surface area contributed by atoms with Crippen LogP contribution in [-0.2, 0) is 4.79 Å². The minimum absolute atomic E-state index is 0.108. The van der Waals surface area contributed by atoms with E-state index in [-0.39, 0.29) is 23.6 Å². The highest BCUT2D eigenvalue weighted by Crippen LogP contribution is 2.27. The molecule has 1 N–H and O–H groups in total. The van der Waals surface area contributed by atoms with Gasteiger partial charge in [-0.1, -0.05) is 43.6 Å². The van der Waals surface area contributed by atoms with Gasteiger partial charge in [0.25, 0.3) is 0 Å². The third kappa shape index (κ3) is 3.86. The summed E-state index contributed by atoms with van der Waals surface area (Å²) >= 11 is 5.90. The van der Waals surface area contributed by atoms with E-state index >= 15 is 0 Å². The molecule has 2 nitrogen and oxygen atoms in total. The third-order valence-corrected chi connectivity index (χ3v) is 3.87. The van der Waals surface area contributed by atoms with Crippen LogP contribution in [0.4, 0.5) is 10.1 Å². The molecule has 0 aliphatic heterocycles. The van der Waals surface area contributed by atoms with Crippen LogP contribution in [-0.4, -0.2) is 5.91 Å². The van der Waals surface area contributed by atoms with Gasteiger partial charge in [0.1, 0.15) is 5.82 Å². The Morgan fingerprint density at radius 3 is 2.32 bits per heavy atom. The number of carbonyl (C=O) groups excluding carboxylic acids is 1. The van der Waals surface area contributed by atoms with Crippen LogP contribution in [0.5, 0.6) is 0 Å². The van der Waals surface area contributed by atoms with Gasteiger partial charge in [0.2, 0.25) is 5.91 Å². The van der Waals surface area contributed by atoms with Gasteiger partial charge in [0.05, 0.1) is 5.92 Å². The Labute approximate surface area is 135 Å². The standard InChI is InChI=1S/C18H19ClFNO/c1-11(2)17(13-5-7-14(19)8-6-13)18(22)21-15-9-4-12(3)16(20)10-15/h4-11,17H,1-3H3,(H,21,22)/t17-/m1/s1. The van der Waals surface area contributed by atoms with Gasteiger partial charge in [0, 0.05) is 10.7 Å². The Kier molecular flexibility index (Phi) is 5.19. The van der Waals surface area contributed by atoms with Crippen LogP contribution in [0.3, 0.4) is 0 Å². The number of nitrogens with one attached hydrogen (secondary N) is 1. The molecule has 0 heterocycles.